The topological polar surface area (TPSA) is 95.7 Å². The molecule has 2 aromatic rings. The van der Waals surface area contributed by atoms with Gasteiger partial charge in [0.2, 0.25) is 0 Å². The molecule has 16 heavy (non-hydrogen) atoms. The molecule has 9 heteroatoms. The predicted octanol–water partition coefficient (Wildman–Crippen LogP) is -0.0204. The van der Waals surface area contributed by atoms with Gasteiger partial charge >= 0.3 is 5.97 Å². The maximum absolute atomic E-state index is 11.5. The molecule has 0 N–H and O–H groups in total. The van der Waals surface area contributed by atoms with E-state index in [4.69, 9.17) is 4.74 Å². The minimum absolute atomic E-state index is 0.0717. The lowest BCUT2D eigenvalue weighted by Crippen LogP contribution is -2.11. The third kappa shape index (κ3) is 2.19. The zero-order valence-corrected chi connectivity index (χ0v) is 9.38. The average molecular weight is 240 g/mol. The molecular formula is C7H8N6O2S. The van der Waals surface area contributed by atoms with Gasteiger partial charge in [0, 0.05) is 5.38 Å². The number of carbonyl (C=O) groups is 1. The van der Waals surface area contributed by atoms with Crippen molar-refractivity contribution in [1.29, 1.82) is 0 Å². The normalized spacial score (nSPS) is 12.4. The lowest BCUT2D eigenvalue weighted by Gasteiger charge is -2.07. The minimum atomic E-state index is -0.631. The number of tetrazole rings is 1. The van der Waals surface area contributed by atoms with Gasteiger partial charge < -0.3 is 4.74 Å². The Kier molecular flexibility index (Phi) is 2.86. The Hall–Kier alpha value is -1.90. The zero-order chi connectivity index (χ0) is 11.5. The van der Waals surface area contributed by atoms with E-state index in [9.17, 15) is 4.79 Å². The van der Waals surface area contributed by atoms with Crippen LogP contribution < -0.4 is 0 Å². The third-order valence-corrected chi connectivity index (χ3v) is 2.29. The number of aromatic nitrogens is 6. The van der Waals surface area contributed by atoms with E-state index in [2.05, 4.69) is 25.0 Å². The van der Waals surface area contributed by atoms with Crippen molar-refractivity contribution in [1.82, 2.24) is 29.8 Å². The van der Waals surface area contributed by atoms with E-state index in [1.165, 1.54) is 16.3 Å². The fourth-order valence-corrected chi connectivity index (χ4v) is 1.52. The molecular weight excluding hydrogens is 232 g/mol. The first-order chi connectivity index (χ1) is 7.66. The molecule has 0 amide bonds. The monoisotopic (exact) mass is 240 g/mol. The van der Waals surface area contributed by atoms with Crippen molar-refractivity contribution in [3.8, 4) is 0 Å². The highest BCUT2D eigenvalue weighted by Gasteiger charge is 2.19. The van der Waals surface area contributed by atoms with Gasteiger partial charge in [-0.2, -0.15) is 4.80 Å². The minimum Gasteiger partial charge on any atom is -0.450 e. The smallest absolute Gasteiger partial charge is 0.380 e. The summed E-state index contributed by atoms with van der Waals surface area (Å²) >= 11 is 1.19. The number of hydrogen-bond acceptors (Lipinski definition) is 8. The number of nitrogens with zero attached hydrogens (tertiary/aromatic N) is 6. The van der Waals surface area contributed by atoms with Crippen molar-refractivity contribution in [2.75, 3.05) is 0 Å². The standard InChI is InChI=1S/C7H8N6O2S/c1-4(5-3-16-12-8-5)15-7(14)6-9-11-13(2)10-6/h3-4H,1-2H3. The maximum Gasteiger partial charge on any atom is 0.380 e. The SMILES string of the molecule is CC(OC(=O)c1nnn(C)n1)c1csnn1. The first-order valence-corrected chi connectivity index (χ1v) is 5.22. The van der Waals surface area contributed by atoms with Crippen molar-refractivity contribution in [2.24, 2.45) is 7.05 Å². The molecule has 0 saturated carbocycles. The molecule has 0 aliphatic rings. The third-order valence-electron chi connectivity index (χ3n) is 1.77. The van der Waals surface area contributed by atoms with E-state index in [1.54, 1.807) is 19.4 Å². The lowest BCUT2D eigenvalue weighted by atomic mass is 10.3. The van der Waals surface area contributed by atoms with Crippen LogP contribution >= 0.6 is 11.5 Å². The summed E-state index contributed by atoms with van der Waals surface area (Å²) in [4.78, 5) is 12.7. The van der Waals surface area contributed by atoms with Gasteiger partial charge in [0.1, 0.15) is 11.8 Å². The molecule has 0 aliphatic carbocycles. The Morgan fingerprint density at radius 2 is 2.38 bits per heavy atom. The van der Waals surface area contributed by atoms with Crippen molar-refractivity contribution in [3.63, 3.8) is 0 Å². The van der Waals surface area contributed by atoms with Crippen LogP contribution in [0.4, 0.5) is 0 Å². The van der Waals surface area contributed by atoms with Gasteiger partial charge in [-0.15, -0.1) is 15.3 Å². The molecule has 2 aromatic heterocycles. The molecule has 0 bridgehead atoms. The van der Waals surface area contributed by atoms with E-state index in [1.807, 2.05) is 0 Å². The largest absolute Gasteiger partial charge is 0.450 e. The highest BCUT2D eigenvalue weighted by atomic mass is 32.1. The number of ether oxygens (including phenoxy) is 1. The van der Waals surface area contributed by atoms with Crippen molar-refractivity contribution in [2.45, 2.75) is 13.0 Å². The summed E-state index contributed by atoms with van der Waals surface area (Å²) in [6, 6.07) is 0. The Labute approximate surface area is 94.4 Å². The van der Waals surface area contributed by atoms with Gasteiger partial charge in [0.05, 0.1) is 7.05 Å². The molecule has 8 nitrogen and oxygen atoms in total. The summed E-state index contributed by atoms with van der Waals surface area (Å²) in [6.45, 7) is 1.70. The summed E-state index contributed by atoms with van der Waals surface area (Å²) < 4.78 is 8.76. The van der Waals surface area contributed by atoms with Crippen molar-refractivity contribution >= 4 is 17.5 Å². The fourth-order valence-electron chi connectivity index (χ4n) is 0.988. The highest BCUT2D eigenvalue weighted by Crippen LogP contribution is 2.15. The van der Waals surface area contributed by atoms with Crippen LogP contribution in [0.25, 0.3) is 0 Å². The van der Waals surface area contributed by atoms with E-state index >= 15 is 0 Å². The van der Waals surface area contributed by atoms with Crippen LogP contribution in [0.3, 0.4) is 0 Å². The van der Waals surface area contributed by atoms with Gasteiger partial charge in [-0.25, -0.2) is 4.79 Å². The van der Waals surface area contributed by atoms with Crippen LogP contribution in [-0.2, 0) is 11.8 Å². The maximum atomic E-state index is 11.5. The van der Waals surface area contributed by atoms with Gasteiger partial charge in [-0.3, -0.25) is 0 Å². The van der Waals surface area contributed by atoms with Gasteiger partial charge in [0.15, 0.2) is 0 Å². The molecule has 2 heterocycles. The molecule has 0 fully saturated rings. The van der Waals surface area contributed by atoms with Crippen LogP contribution in [0.5, 0.6) is 0 Å². The summed E-state index contributed by atoms with van der Waals surface area (Å²) in [5.74, 6) is -0.703. The number of carbonyl (C=O) groups excluding carboxylic acids is 1. The predicted molar refractivity (Wildman–Crippen MR) is 52.5 cm³/mol. The Morgan fingerprint density at radius 3 is 2.94 bits per heavy atom. The van der Waals surface area contributed by atoms with E-state index in [0.717, 1.165) is 0 Å². The Balaban J connectivity index is 2.03. The van der Waals surface area contributed by atoms with Crippen LogP contribution in [0.1, 0.15) is 29.3 Å². The highest BCUT2D eigenvalue weighted by molar-refractivity contribution is 7.03. The molecule has 84 valence electrons. The first-order valence-electron chi connectivity index (χ1n) is 4.38. The molecule has 0 saturated heterocycles. The fraction of sp³-hybridized carbons (Fsp3) is 0.429. The summed E-state index contributed by atoms with van der Waals surface area (Å²) in [5.41, 5.74) is 0.599. The van der Waals surface area contributed by atoms with E-state index in [-0.39, 0.29) is 5.82 Å². The second-order valence-corrected chi connectivity index (χ2v) is 3.59. The average Bonchev–Trinajstić information content (AvgIpc) is 2.87. The van der Waals surface area contributed by atoms with Crippen LogP contribution in [-0.4, -0.2) is 35.8 Å². The molecule has 1 atom stereocenters. The van der Waals surface area contributed by atoms with Gasteiger partial charge in [-0.05, 0) is 23.7 Å². The number of aryl methyl sites for hydroxylation is 1. The van der Waals surface area contributed by atoms with Gasteiger partial charge in [0.25, 0.3) is 5.82 Å². The quantitative estimate of drug-likeness (QED) is 0.695. The first kappa shape index (κ1) is 10.6. The molecule has 0 aromatic carbocycles. The second kappa shape index (κ2) is 4.31. The number of hydrogen-bond donors (Lipinski definition) is 0. The number of esters is 1. The van der Waals surface area contributed by atoms with Crippen molar-refractivity contribution in [3.05, 3.63) is 16.9 Å². The molecule has 0 radical (unpaired) electrons. The van der Waals surface area contributed by atoms with Crippen molar-refractivity contribution < 1.29 is 9.53 Å². The summed E-state index contributed by atoms with van der Waals surface area (Å²) in [7, 11) is 1.57. The zero-order valence-electron chi connectivity index (χ0n) is 8.56. The van der Waals surface area contributed by atoms with Crippen LogP contribution in [0.2, 0.25) is 0 Å². The van der Waals surface area contributed by atoms with Crippen LogP contribution in [0.15, 0.2) is 5.38 Å². The molecule has 1 unspecified atom stereocenters. The Bertz CT molecular complexity index is 481. The second-order valence-electron chi connectivity index (χ2n) is 2.98. The Morgan fingerprint density at radius 1 is 1.56 bits per heavy atom. The lowest BCUT2D eigenvalue weighted by molar-refractivity contribution is 0.0314. The molecule has 0 spiro atoms. The summed E-state index contributed by atoms with van der Waals surface area (Å²) in [5, 5.41) is 16.3. The van der Waals surface area contributed by atoms with Crippen LogP contribution in [0, 0.1) is 0 Å². The van der Waals surface area contributed by atoms with E-state index in [0.29, 0.717) is 5.69 Å². The molecule has 2 rings (SSSR count). The number of rotatable bonds is 3. The van der Waals surface area contributed by atoms with Gasteiger partial charge in [-0.1, -0.05) is 4.49 Å². The molecule has 0 aliphatic heterocycles. The summed E-state index contributed by atoms with van der Waals surface area (Å²) in [6.07, 6.45) is -0.477. The van der Waals surface area contributed by atoms with E-state index < -0.39 is 12.1 Å².